The molecule has 1 N–H and O–H groups in total. The van der Waals surface area contributed by atoms with Gasteiger partial charge >= 0.3 is 0 Å². The summed E-state index contributed by atoms with van der Waals surface area (Å²) in [5.74, 6) is 2.81. The van der Waals surface area contributed by atoms with Crippen LogP contribution in [-0.4, -0.2) is 24.6 Å². The summed E-state index contributed by atoms with van der Waals surface area (Å²) in [5.41, 5.74) is 1.74. The smallest absolute Gasteiger partial charge is 0.254 e. The zero-order valence-corrected chi connectivity index (χ0v) is 12.9. The Bertz CT molecular complexity index is 983. The van der Waals surface area contributed by atoms with Crippen LogP contribution < -0.4 is 10.1 Å². The molecule has 0 spiro atoms. The maximum atomic E-state index is 5.83. The summed E-state index contributed by atoms with van der Waals surface area (Å²) in [6.07, 6.45) is 4.87. The zero-order chi connectivity index (χ0) is 16.4. The molecule has 4 aromatic rings. The molecule has 7 nitrogen and oxygen atoms in total. The van der Waals surface area contributed by atoms with E-state index in [2.05, 4.69) is 25.4 Å². The van der Waals surface area contributed by atoms with Gasteiger partial charge in [0.2, 0.25) is 0 Å². The number of aromatic nitrogens is 5. The van der Waals surface area contributed by atoms with Gasteiger partial charge in [0, 0.05) is 35.9 Å². The standard InChI is InChI=1S/C17H14N6O/c1-12-9-16(23-17(21-12)19-11-20-23)22-13-3-2-4-15(10-13)24-14-5-7-18-8-6-14/h2-11,22H,1H3. The Morgan fingerprint density at radius 3 is 2.79 bits per heavy atom. The molecule has 0 saturated heterocycles. The van der Waals surface area contributed by atoms with Gasteiger partial charge in [0.15, 0.2) is 0 Å². The fourth-order valence-electron chi connectivity index (χ4n) is 2.35. The summed E-state index contributed by atoms with van der Waals surface area (Å²) in [7, 11) is 0. The number of pyridine rings is 1. The number of hydrogen-bond acceptors (Lipinski definition) is 6. The summed E-state index contributed by atoms with van der Waals surface area (Å²) < 4.78 is 7.48. The van der Waals surface area contributed by atoms with Crippen molar-refractivity contribution in [2.45, 2.75) is 6.92 Å². The van der Waals surface area contributed by atoms with Gasteiger partial charge in [0.1, 0.15) is 23.6 Å². The van der Waals surface area contributed by atoms with Crippen molar-refractivity contribution in [1.29, 1.82) is 0 Å². The number of ether oxygens (including phenoxy) is 1. The number of nitrogens with one attached hydrogen (secondary N) is 1. The molecule has 0 aliphatic rings. The van der Waals surface area contributed by atoms with Gasteiger partial charge in [-0.15, -0.1) is 0 Å². The molecular weight excluding hydrogens is 304 g/mol. The van der Waals surface area contributed by atoms with E-state index in [1.807, 2.05) is 49.4 Å². The molecule has 0 bridgehead atoms. The second kappa shape index (κ2) is 5.96. The highest BCUT2D eigenvalue weighted by Crippen LogP contribution is 2.25. The van der Waals surface area contributed by atoms with Crippen molar-refractivity contribution in [2.75, 3.05) is 5.32 Å². The molecule has 0 fully saturated rings. The number of anilines is 2. The lowest BCUT2D eigenvalue weighted by atomic mass is 10.3. The minimum Gasteiger partial charge on any atom is -0.457 e. The van der Waals surface area contributed by atoms with Gasteiger partial charge in [-0.1, -0.05) is 6.07 Å². The lowest BCUT2D eigenvalue weighted by molar-refractivity contribution is 0.482. The second-order valence-electron chi connectivity index (χ2n) is 5.19. The van der Waals surface area contributed by atoms with Crippen LogP contribution in [0.3, 0.4) is 0 Å². The average molecular weight is 318 g/mol. The van der Waals surface area contributed by atoms with Crippen molar-refractivity contribution in [3.63, 3.8) is 0 Å². The summed E-state index contributed by atoms with van der Waals surface area (Å²) in [6, 6.07) is 13.2. The van der Waals surface area contributed by atoms with E-state index in [1.165, 1.54) is 6.33 Å². The van der Waals surface area contributed by atoms with Crippen LogP contribution in [0.25, 0.3) is 5.78 Å². The van der Waals surface area contributed by atoms with Crippen molar-refractivity contribution < 1.29 is 4.74 Å². The Kier molecular flexibility index (Phi) is 3.51. The lowest BCUT2D eigenvalue weighted by Crippen LogP contribution is -2.02. The largest absolute Gasteiger partial charge is 0.457 e. The normalized spacial score (nSPS) is 10.7. The topological polar surface area (TPSA) is 77.2 Å². The molecule has 24 heavy (non-hydrogen) atoms. The van der Waals surface area contributed by atoms with E-state index in [-0.39, 0.29) is 0 Å². The summed E-state index contributed by atoms with van der Waals surface area (Å²) >= 11 is 0. The fourth-order valence-corrected chi connectivity index (χ4v) is 2.35. The Morgan fingerprint density at radius 1 is 1.04 bits per heavy atom. The van der Waals surface area contributed by atoms with Gasteiger partial charge in [-0.25, -0.2) is 4.98 Å². The quantitative estimate of drug-likeness (QED) is 0.621. The first kappa shape index (κ1) is 14.1. The van der Waals surface area contributed by atoms with Gasteiger partial charge in [0.25, 0.3) is 5.78 Å². The van der Waals surface area contributed by atoms with Crippen LogP contribution in [0.5, 0.6) is 11.5 Å². The predicted molar refractivity (Wildman–Crippen MR) is 89.6 cm³/mol. The van der Waals surface area contributed by atoms with E-state index in [9.17, 15) is 0 Å². The Hall–Kier alpha value is -3.48. The SMILES string of the molecule is Cc1cc(Nc2cccc(Oc3ccncc3)c2)n2ncnc2n1. The van der Waals surface area contributed by atoms with Crippen LogP contribution >= 0.6 is 0 Å². The molecule has 0 aliphatic carbocycles. The first-order valence-electron chi connectivity index (χ1n) is 7.40. The summed E-state index contributed by atoms with van der Waals surface area (Å²) in [4.78, 5) is 12.4. The van der Waals surface area contributed by atoms with Crippen molar-refractivity contribution in [2.24, 2.45) is 0 Å². The Morgan fingerprint density at radius 2 is 1.92 bits per heavy atom. The summed E-state index contributed by atoms with van der Waals surface area (Å²) in [6.45, 7) is 1.92. The van der Waals surface area contributed by atoms with Crippen molar-refractivity contribution in [1.82, 2.24) is 24.6 Å². The van der Waals surface area contributed by atoms with E-state index < -0.39 is 0 Å². The molecule has 118 valence electrons. The maximum absolute atomic E-state index is 5.83. The first-order chi connectivity index (χ1) is 11.8. The van der Waals surface area contributed by atoms with Crippen LogP contribution in [0.2, 0.25) is 0 Å². The zero-order valence-electron chi connectivity index (χ0n) is 12.9. The highest BCUT2D eigenvalue weighted by atomic mass is 16.5. The number of nitrogens with zero attached hydrogens (tertiary/aromatic N) is 5. The van der Waals surface area contributed by atoms with E-state index >= 15 is 0 Å². The van der Waals surface area contributed by atoms with Gasteiger partial charge in [-0.05, 0) is 31.2 Å². The number of benzene rings is 1. The third kappa shape index (κ3) is 2.87. The highest BCUT2D eigenvalue weighted by molar-refractivity contribution is 5.60. The van der Waals surface area contributed by atoms with Gasteiger partial charge < -0.3 is 10.1 Å². The van der Waals surface area contributed by atoms with Crippen molar-refractivity contribution >= 4 is 17.3 Å². The minimum absolute atomic E-state index is 0.557. The van der Waals surface area contributed by atoms with E-state index in [4.69, 9.17) is 4.74 Å². The Balaban J connectivity index is 1.63. The minimum atomic E-state index is 0.557. The molecule has 0 amide bonds. The van der Waals surface area contributed by atoms with Crippen molar-refractivity contribution in [3.8, 4) is 11.5 Å². The third-order valence-electron chi connectivity index (χ3n) is 3.37. The molecule has 4 rings (SSSR count). The lowest BCUT2D eigenvalue weighted by Gasteiger charge is -2.11. The van der Waals surface area contributed by atoms with E-state index in [1.54, 1.807) is 16.9 Å². The van der Waals surface area contributed by atoms with Gasteiger partial charge in [-0.2, -0.15) is 14.6 Å². The highest BCUT2D eigenvalue weighted by Gasteiger charge is 2.06. The Labute approximate surface area is 138 Å². The molecule has 3 aromatic heterocycles. The van der Waals surface area contributed by atoms with E-state index in [0.29, 0.717) is 5.78 Å². The van der Waals surface area contributed by atoms with Crippen LogP contribution in [0, 0.1) is 6.92 Å². The number of fused-ring (bicyclic) bond motifs is 1. The molecule has 0 radical (unpaired) electrons. The van der Waals surface area contributed by atoms with Crippen LogP contribution in [-0.2, 0) is 0 Å². The number of rotatable bonds is 4. The maximum Gasteiger partial charge on any atom is 0.254 e. The number of hydrogen-bond donors (Lipinski definition) is 1. The van der Waals surface area contributed by atoms with Crippen LogP contribution in [0.4, 0.5) is 11.5 Å². The second-order valence-corrected chi connectivity index (χ2v) is 5.19. The third-order valence-corrected chi connectivity index (χ3v) is 3.37. The van der Waals surface area contributed by atoms with Gasteiger partial charge in [0.05, 0.1) is 0 Å². The molecule has 0 atom stereocenters. The van der Waals surface area contributed by atoms with Crippen LogP contribution in [0.15, 0.2) is 61.2 Å². The fraction of sp³-hybridized carbons (Fsp3) is 0.0588. The first-order valence-corrected chi connectivity index (χ1v) is 7.40. The molecule has 0 unspecified atom stereocenters. The predicted octanol–water partition coefficient (Wildman–Crippen LogP) is 3.36. The molecule has 0 aliphatic heterocycles. The van der Waals surface area contributed by atoms with Crippen LogP contribution in [0.1, 0.15) is 5.69 Å². The van der Waals surface area contributed by atoms with Crippen molar-refractivity contribution in [3.05, 3.63) is 66.9 Å². The molecular formula is C17H14N6O. The number of aryl methyl sites for hydroxylation is 1. The average Bonchev–Trinajstić information content (AvgIpc) is 3.04. The molecule has 3 heterocycles. The van der Waals surface area contributed by atoms with Gasteiger partial charge in [-0.3, -0.25) is 4.98 Å². The molecule has 7 heteroatoms. The summed E-state index contributed by atoms with van der Waals surface area (Å²) in [5, 5.41) is 7.52. The monoisotopic (exact) mass is 318 g/mol. The molecule has 1 aromatic carbocycles. The van der Waals surface area contributed by atoms with E-state index in [0.717, 1.165) is 28.7 Å². The molecule has 0 saturated carbocycles.